The van der Waals surface area contributed by atoms with Gasteiger partial charge in [-0.25, -0.2) is 9.59 Å². The highest BCUT2D eigenvalue weighted by atomic mass is 32.2. The molecule has 1 aromatic carbocycles. The van der Waals surface area contributed by atoms with Gasteiger partial charge in [-0.05, 0) is 38.0 Å². The van der Waals surface area contributed by atoms with Gasteiger partial charge < -0.3 is 15.2 Å². The molecule has 0 bridgehead atoms. The standard InChI is InChI=1S/C15H19NO4S.C8H10O4/c1-3-14(17)16-15(2,12-21(18,19)20)11-7-10-13-8-5-4-6-9-13;1-3-12-8(11)6(2)4-5-7(9)10/h3-10H,1,11-12H2,2H3,(H,16,17)(H,18,19,20);4-5H,2-3H2,1H3,(H,9,10). The number of rotatable bonds is 11. The molecule has 1 amide bonds. The van der Waals surface area contributed by atoms with Gasteiger partial charge in [0.1, 0.15) is 0 Å². The van der Waals surface area contributed by atoms with E-state index in [1.807, 2.05) is 36.4 Å². The van der Waals surface area contributed by atoms with Crippen LogP contribution in [0.2, 0.25) is 0 Å². The highest BCUT2D eigenvalue weighted by molar-refractivity contribution is 7.85. The van der Waals surface area contributed by atoms with Crippen molar-refractivity contribution >= 4 is 34.0 Å². The molecule has 33 heavy (non-hydrogen) atoms. The summed E-state index contributed by atoms with van der Waals surface area (Å²) < 4.78 is 35.8. The van der Waals surface area contributed by atoms with Gasteiger partial charge in [-0.1, -0.05) is 55.6 Å². The molecular weight excluding hydrogens is 450 g/mol. The predicted molar refractivity (Wildman–Crippen MR) is 126 cm³/mol. The number of hydrogen-bond acceptors (Lipinski definition) is 6. The maximum absolute atomic E-state index is 11.4. The van der Waals surface area contributed by atoms with Crippen LogP contribution in [-0.2, 0) is 29.2 Å². The zero-order valence-corrected chi connectivity index (χ0v) is 19.4. The molecule has 3 N–H and O–H groups in total. The van der Waals surface area contributed by atoms with Crippen LogP contribution in [0.4, 0.5) is 0 Å². The first kappa shape index (κ1) is 29.5. The van der Waals surface area contributed by atoms with Crippen LogP contribution in [0.1, 0.15) is 25.8 Å². The van der Waals surface area contributed by atoms with E-state index < -0.39 is 39.3 Å². The first-order valence-corrected chi connectivity index (χ1v) is 11.3. The Hall–Kier alpha value is -3.50. The number of benzene rings is 1. The maximum Gasteiger partial charge on any atom is 0.337 e. The maximum atomic E-state index is 11.4. The number of nitrogens with one attached hydrogen (secondary N) is 1. The Morgan fingerprint density at radius 3 is 2.27 bits per heavy atom. The van der Waals surface area contributed by atoms with E-state index in [0.717, 1.165) is 23.8 Å². The lowest BCUT2D eigenvalue weighted by atomic mass is 9.99. The fourth-order valence-electron chi connectivity index (χ4n) is 2.38. The number of aliphatic carboxylic acids is 1. The van der Waals surface area contributed by atoms with Crippen molar-refractivity contribution in [2.24, 2.45) is 0 Å². The molecule has 0 aliphatic rings. The first-order valence-electron chi connectivity index (χ1n) is 9.70. The summed E-state index contributed by atoms with van der Waals surface area (Å²) in [7, 11) is -4.21. The second kappa shape index (κ2) is 14.5. The molecule has 1 atom stereocenters. The quantitative estimate of drug-likeness (QED) is 0.190. The number of carboxylic acids is 1. The lowest BCUT2D eigenvalue weighted by molar-refractivity contribution is -0.138. The van der Waals surface area contributed by atoms with Crippen LogP contribution < -0.4 is 5.32 Å². The van der Waals surface area contributed by atoms with E-state index in [2.05, 4.69) is 23.2 Å². The summed E-state index contributed by atoms with van der Waals surface area (Å²) in [6, 6.07) is 9.47. The Bertz CT molecular complexity index is 997. The smallest absolute Gasteiger partial charge is 0.337 e. The molecule has 9 nitrogen and oxygen atoms in total. The predicted octanol–water partition coefficient (Wildman–Crippen LogP) is 2.79. The number of carbonyl (C=O) groups is 3. The first-order chi connectivity index (χ1) is 15.3. The van der Waals surface area contributed by atoms with Gasteiger partial charge in [0, 0.05) is 6.08 Å². The molecule has 0 saturated carbocycles. The second-order valence-electron chi connectivity index (χ2n) is 6.91. The SMILES string of the molecule is C=C(C=CC(=O)O)C(=O)OCC.C=CC(=O)NC(C)(CC=Cc1ccccc1)CS(=O)(=O)O. The number of carboxylic acid groups (broad SMARTS) is 1. The average molecular weight is 480 g/mol. The molecule has 10 heteroatoms. The summed E-state index contributed by atoms with van der Waals surface area (Å²) in [4.78, 5) is 32.2. The van der Waals surface area contributed by atoms with Crippen LogP contribution in [0.15, 0.2) is 73.4 Å². The van der Waals surface area contributed by atoms with Crippen molar-refractivity contribution in [1.82, 2.24) is 5.32 Å². The Kier molecular flexibility index (Phi) is 13.0. The van der Waals surface area contributed by atoms with E-state index in [0.29, 0.717) is 0 Å². The molecule has 0 spiro atoms. The molecule has 0 aliphatic heterocycles. The summed E-state index contributed by atoms with van der Waals surface area (Å²) >= 11 is 0. The van der Waals surface area contributed by atoms with Crippen LogP contribution in [0.3, 0.4) is 0 Å². The van der Waals surface area contributed by atoms with Gasteiger partial charge in [0.05, 0.1) is 23.5 Å². The van der Waals surface area contributed by atoms with E-state index in [1.54, 1.807) is 19.9 Å². The fraction of sp³-hybridized carbons (Fsp3) is 0.261. The minimum atomic E-state index is -4.21. The third kappa shape index (κ3) is 15.0. The highest BCUT2D eigenvalue weighted by Gasteiger charge is 2.30. The van der Waals surface area contributed by atoms with Gasteiger partial charge >= 0.3 is 11.9 Å². The molecule has 0 radical (unpaired) electrons. The van der Waals surface area contributed by atoms with Crippen molar-refractivity contribution in [2.75, 3.05) is 12.4 Å². The normalized spacial score (nSPS) is 12.8. The van der Waals surface area contributed by atoms with Crippen LogP contribution in [0.25, 0.3) is 6.08 Å². The Morgan fingerprint density at radius 1 is 1.18 bits per heavy atom. The average Bonchev–Trinajstić information content (AvgIpc) is 2.71. The molecule has 1 unspecified atom stereocenters. The van der Waals surface area contributed by atoms with Crippen LogP contribution in [-0.4, -0.2) is 53.8 Å². The molecule has 1 aromatic rings. The van der Waals surface area contributed by atoms with Crippen molar-refractivity contribution < 1.29 is 37.2 Å². The number of hydrogen-bond donors (Lipinski definition) is 3. The van der Waals surface area contributed by atoms with Gasteiger partial charge in [0.25, 0.3) is 10.1 Å². The largest absolute Gasteiger partial charge is 0.478 e. The molecule has 1 rings (SSSR count). The van der Waals surface area contributed by atoms with E-state index >= 15 is 0 Å². The van der Waals surface area contributed by atoms with Crippen LogP contribution in [0.5, 0.6) is 0 Å². The van der Waals surface area contributed by atoms with Gasteiger partial charge in [0.2, 0.25) is 5.91 Å². The summed E-state index contributed by atoms with van der Waals surface area (Å²) in [6.45, 7) is 10.1. The monoisotopic (exact) mass is 479 g/mol. The van der Waals surface area contributed by atoms with Crippen molar-refractivity contribution in [3.8, 4) is 0 Å². The number of ether oxygens (including phenoxy) is 1. The number of amides is 1. The molecule has 180 valence electrons. The third-order valence-electron chi connectivity index (χ3n) is 3.75. The minimum absolute atomic E-state index is 0.0271. The van der Waals surface area contributed by atoms with Crippen LogP contribution >= 0.6 is 0 Å². The molecule has 0 aliphatic carbocycles. The van der Waals surface area contributed by atoms with Gasteiger partial charge in [-0.2, -0.15) is 8.42 Å². The van der Waals surface area contributed by atoms with Gasteiger partial charge in [-0.3, -0.25) is 9.35 Å². The fourth-order valence-corrected chi connectivity index (χ4v) is 3.38. The zero-order chi connectivity index (χ0) is 25.5. The second-order valence-corrected chi connectivity index (χ2v) is 8.37. The van der Waals surface area contributed by atoms with Crippen molar-refractivity contribution in [3.05, 3.63) is 78.9 Å². The minimum Gasteiger partial charge on any atom is -0.478 e. The van der Waals surface area contributed by atoms with Crippen molar-refractivity contribution in [2.45, 2.75) is 25.8 Å². The molecular formula is C23H29NO8S. The lowest BCUT2D eigenvalue weighted by Gasteiger charge is -2.27. The topological polar surface area (TPSA) is 147 Å². The molecule has 0 aromatic heterocycles. The van der Waals surface area contributed by atoms with Gasteiger partial charge in [0.15, 0.2) is 0 Å². The highest BCUT2D eigenvalue weighted by Crippen LogP contribution is 2.15. The molecule has 0 saturated heterocycles. The third-order valence-corrected chi connectivity index (χ3v) is 4.76. The van der Waals surface area contributed by atoms with E-state index in [1.165, 1.54) is 0 Å². The summed E-state index contributed by atoms with van der Waals surface area (Å²) in [6.07, 6.45) is 6.82. The molecule has 0 fully saturated rings. The number of esters is 1. The Morgan fingerprint density at radius 2 is 1.79 bits per heavy atom. The lowest BCUT2D eigenvalue weighted by Crippen LogP contribution is -2.49. The van der Waals surface area contributed by atoms with Crippen molar-refractivity contribution in [3.63, 3.8) is 0 Å². The van der Waals surface area contributed by atoms with Crippen molar-refractivity contribution in [1.29, 1.82) is 0 Å². The number of carbonyl (C=O) groups excluding carboxylic acids is 2. The summed E-state index contributed by atoms with van der Waals surface area (Å²) in [5.74, 6) is -2.79. The summed E-state index contributed by atoms with van der Waals surface area (Å²) in [5.41, 5.74) is -0.120. The summed E-state index contributed by atoms with van der Waals surface area (Å²) in [5, 5.41) is 10.7. The zero-order valence-electron chi connectivity index (χ0n) is 18.6. The van der Waals surface area contributed by atoms with E-state index in [-0.39, 0.29) is 18.6 Å². The molecule has 0 heterocycles. The van der Waals surface area contributed by atoms with Crippen LogP contribution in [0, 0.1) is 0 Å². The Labute approximate surface area is 193 Å². The van der Waals surface area contributed by atoms with E-state index in [4.69, 9.17) is 9.66 Å². The Balaban J connectivity index is 0.000000728. The van der Waals surface area contributed by atoms with E-state index in [9.17, 15) is 22.8 Å². The van der Waals surface area contributed by atoms with Gasteiger partial charge in [-0.15, -0.1) is 0 Å².